The largest absolute Gasteiger partial charge is 0.342 e. The van der Waals surface area contributed by atoms with Crippen LogP contribution < -0.4 is 5.32 Å². The number of rotatable bonds is 3. The molecule has 24 heavy (non-hydrogen) atoms. The number of amides is 2. The van der Waals surface area contributed by atoms with Crippen molar-refractivity contribution in [2.75, 3.05) is 29.9 Å². The normalized spacial score (nSPS) is 26.1. The van der Waals surface area contributed by atoms with Crippen LogP contribution >= 0.6 is 0 Å². The topological polar surface area (TPSA) is 83.6 Å². The summed E-state index contributed by atoms with van der Waals surface area (Å²) in [6, 6.07) is 9.24. The van der Waals surface area contributed by atoms with Gasteiger partial charge in [-0.1, -0.05) is 18.2 Å². The molecule has 2 amide bonds. The summed E-state index contributed by atoms with van der Waals surface area (Å²) in [5.41, 5.74) is 0.743. The Kier molecular flexibility index (Phi) is 4.89. The van der Waals surface area contributed by atoms with E-state index >= 15 is 0 Å². The van der Waals surface area contributed by atoms with Crippen molar-refractivity contribution in [3.8, 4) is 0 Å². The van der Waals surface area contributed by atoms with Crippen LogP contribution in [0.4, 0.5) is 5.69 Å². The predicted molar refractivity (Wildman–Crippen MR) is 91.1 cm³/mol. The van der Waals surface area contributed by atoms with E-state index in [1.54, 1.807) is 4.90 Å². The molecule has 6 nitrogen and oxygen atoms in total. The summed E-state index contributed by atoms with van der Waals surface area (Å²) in [5.74, 6) is -0.851. The lowest BCUT2D eigenvalue weighted by molar-refractivity contribution is -0.137. The third kappa shape index (κ3) is 3.95. The third-order valence-corrected chi connectivity index (χ3v) is 6.49. The molecule has 0 bridgehead atoms. The van der Waals surface area contributed by atoms with Gasteiger partial charge in [0.1, 0.15) is 0 Å². The van der Waals surface area contributed by atoms with E-state index < -0.39 is 15.8 Å². The van der Waals surface area contributed by atoms with Gasteiger partial charge in [0.05, 0.1) is 23.3 Å². The molecule has 1 N–H and O–H groups in total. The first-order chi connectivity index (χ1) is 11.4. The number of sulfone groups is 1. The monoisotopic (exact) mass is 350 g/mol. The molecule has 0 radical (unpaired) electrons. The summed E-state index contributed by atoms with van der Waals surface area (Å²) in [5, 5.41) is 2.88. The SMILES string of the molecule is O=C(Nc1ccccc1)C1CCCN(C(=O)C2CCS(=O)(=O)C2)C1. The van der Waals surface area contributed by atoms with Gasteiger partial charge in [0.15, 0.2) is 9.84 Å². The first-order valence-corrected chi connectivity index (χ1v) is 10.1. The molecule has 2 aliphatic rings. The molecule has 0 aromatic heterocycles. The molecule has 2 saturated heterocycles. The molecule has 2 aliphatic heterocycles. The Morgan fingerprint density at radius 3 is 2.50 bits per heavy atom. The van der Waals surface area contributed by atoms with Gasteiger partial charge >= 0.3 is 0 Å². The summed E-state index contributed by atoms with van der Waals surface area (Å²) in [6.07, 6.45) is 1.90. The van der Waals surface area contributed by atoms with Crippen molar-refractivity contribution in [3.05, 3.63) is 30.3 Å². The Bertz CT molecular complexity index is 717. The zero-order valence-electron chi connectivity index (χ0n) is 13.5. The summed E-state index contributed by atoms with van der Waals surface area (Å²) in [4.78, 5) is 26.6. The number of hydrogen-bond acceptors (Lipinski definition) is 4. The third-order valence-electron chi connectivity index (χ3n) is 4.73. The number of para-hydroxylation sites is 1. The van der Waals surface area contributed by atoms with Crippen molar-refractivity contribution in [2.45, 2.75) is 19.3 Å². The highest BCUT2D eigenvalue weighted by Crippen LogP contribution is 2.25. The summed E-state index contributed by atoms with van der Waals surface area (Å²) >= 11 is 0. The van der Waals surface area contributed by atoms with Crippen molar-refractivity contribution < 1.29 is 18.0 Å². The highest BCUT2D eigenvalue weighted by atomic mass is 32.2. The zero-order chi connectivity index (χ0) is 17.2. The zero-order valence-corrected chi connectivity index (χ0v) is 14.3. The molecule has 2 atom stereocenters. The van der Waals surface area contributed by atoms with Gasteiger partial charge in [-0.3, -0.25) is 9.59 Å². The van der Waals surface area contributed by atoms with Gasteiger partial charge in [-0.25, -0.2) is 8.42 Å². The molecular formula is C17H22N2O4S. The van der Waals surface area contributed by atoms with E-state index in [4.69, 9.17) is 0 Å². The highest BCUT2D eigenvalue weighted by molar-refractivity contribution is 7.91. The number of carbonyl (C=O) groups excluding carboxylic acids is 2. The standard InChI is InChI=1S/C17H22N2O4S/c20-16(18-15-6-2-1-3-7-15)13-5-4-9-19(11-13)17(21)14-8-10-24(22,23)12-14/h1-3,6-7,13-14H,4-5,8-12H2,(H,18,20). The van der Waals surface area contributed by atoms with E-state index in [0.29, 0.717) is 19.5 Å². The van der Waals surface area contributed by atoms with Crippen LogP contribution in [0.3, 0.4) is 0 Å². The number of carbonyl (C=O) groups is 2. The highest BCUT2D eigenvalue weighted by Gasteiger charge is 2.37. The molecule has 7 heteroatoms. The molecule has 3 rings (SSSR count). The van der Waals surface area contributed by atoms with Crippen LogP contribution in [0.5, 0.6) is 0 Å². The van der Waals surface area contributed by atoms with Crippen LogP contribution in [0.1, 0.15) is 19.3 Å². The van der Waals surface area contributed by atoms with Crippen LogP contribution in [0, 0.1) is 11.8 Å². The average molecular weight is 350 g/mol. The van der Waals surface area contributed by atoms with Crippen molar-refractivity contribution in [1.82, 2.24) is 4.90 Å². The van der Waals surface area contributed by atoms with Gasteiger partial charge in [0, 0.05) is 18.8 Å². The molecule has 0 spiro atoms. The molecule has 0 saturated carbocycles. The maximum atomic E-state index is 12.5. The van der Waals surface area contributed by atoms with Crippen molar-refractivity contribution in [2.24, 2.45) is 11.8 Å². The molecule has 130 valence electrons. The van der Waals surface area contributed by atoms with E-state index in [1.165, 1.54) is 0 Å². The number of piperidine rings is 1. The summed E-state index contributed by atoms with van der Waals surface area (Å²) < 4.78 is 23.1. The summed E-state index contributed by atoms with van der Waals surface area (Å²) in [7, 11) is -3.08. The second-order valence-corrected chi connectivity index (χ2v) is 8.81. The Hall–Kier alpha value is -1.89. The molecule has 2 heterocycles. The number of likely N-dealkylation sites (tertiary alicyclic amines) is 1. The first-order valence-electron chi connectivity index (χ1n) is 8.30. The Balaban J connectivity index is 1.60. The van der Waals surface area contributed by atoms with Crippen molar-refractivity contribution in [3.63, 3.8) is 0 Å². The Morgan fingerprint density at radius 2 is 1.83 bits per heavy atom. The molecular weight excluding hydrogens is 328 g/mol. The summed E-state index contributed by atoms with van der Waals surface area (Å²) in [6.45, 7) is 0.971. The fourth-order valence-electron chi connectivity index (χ4n) is 3.41. The predicted octanol–water partition coefficient (Wildman–Crippen LogP) is 1.30. The molecule has 2 unspecified atom stereocenters. The lowest BCUT2D eigenvalue weighted by Gasteiger charge is -2.33. The lowest BCUT2D eigenvalue weighted by atomic mass is 9.95. The van der Waals surface area contributed by atoms with E-state index in [2.05, 4.69) is 5.32 Å². The van der Waals surface area contributed by atoms with Gasteiger partial charge in [0.25, 0.3) is 0 Å². The minimum atomic E-state index is -3.08. The smallest absolute Gasteiger partial charge is 0.229 e. The maximum Gasteiger partial charge on any atom is 0.229 e. The fourth-order valence-corrected chi connectivity index (χ4v) is 5.14. The van der Waals surface area contributed by atoms with Gasteiger partial charge < -0.3 is 10.2 Å². The minimum Gasteiger partial charge on any atom is -0.342 e. The molecule has 1 aromatic rings. The Labute approximate surface area is 142 Å². The van der Waals surface area contributed by atoms with E-state index in [-0.39, 0.29) is 29.2 Å². The van der Waals surface area contributed by atoms with Crippen molar-refractivity contribution in [1.29, 1.82) is 0 Å². The van der Waals surface area contributed by atoms with E-state index in [9.17, 15) is 18.0 Å². The molecule has 0 aliphatic carbocycles. The van der Waals surface area contributed by atoms with Gasteiger partial charge in [0.2, 0.25) is 11.8 Å². The second-order valence-electron chi connectivity index (χ2n) is 6.58. The average Bonchev–Trinajstić information content (AvgIpc) is 2.95. The number of nitrogens with one attached hydrogen (secondary N) is 1. The number of benzene rings is 1. The second kappa shape index (κ2) is 6.93. The first kappa shape index (κ1) is 17.0. The van der Waals surface area contributed by atoms with E-state index in [1.807, 2.05) is 30.3 Å². The lowest BCUT2D eigenvalue weighted by Crippen LogP contribution is -2.46. The van der Waals surface area contributed by atoms with Crippen LogP contribution in [0.2, 0.25) is 0 Å². The van der Waals surface area contributed by atoms with Crippen LogP contribution in [0.25, 0.3) is 0 Å². The maximum absolute atomic E-state index is 12.5. The van der Waals surface area contributed by atoms with Gasteiger partial charge in [-0.15, -0.1) is 0 Å². The minimum absolute atomic E-state index is 0.0524. The van der Waals surface area contributed by atoms with Gasteiger partial charge in [-0.2, -0.15) is 0 Å². The van der Waals surface area contributed by atoms with Crippen molar-refractivity contribution >= 4 is 27.3 Å². The molecule has 2 fully saturated rings. The number of nitrogens with zero attached hydrogens (tertiary/aromatic N) is 1. The Morgan fingerprint density at radius 1 is 1.08 bits per heavy atom. The van der Waals surface area contributed by atoms with Crippen LogP contribution in [-0.4, -0.2) is 49.7 Å². The number of hydrogen-bond donors (Lipinski definition) is 1. The quantitative estimate of drug-likeness (QED) is 0.891. The van der Waals surface area contributed by atoms with Gasteiger partial charge in [-0.05, 0) is 31.4 Å². The fraction of sp³-hybridized carbons (Fsp3) is 0.529. The van der Waals surface area contributed by atoms with Crippen LogP contribution in [0.15, 0.2) is 30.3 Å². The molecule has 1 aromatic carbocycles. The van der Waals surface area contributed by atoms with Crippen LogP contribution in [-0.2, 0) is 19.4 Å². The van der Waals surface area contributed by atoms with E-state index in [0.717, 1.165) is 18.5 Å². The number of anilines is 1.